The second-order valence-electron chi connectivity index (χ2n) is 6.26. The Balaban J connectivity index is 1.66. The summed E-state index contributed by atoms with van der Waals surface area (Å²) in [5, 5.41) is 3.14. The van der Waals surface area contributed by atoms with E-state index in [-0.39, 0.29) is 0 Å². The molecule has 1 N–H and O–H groups in total. The molecular formula is C20H23N3O2. The van der Waals surface area contributed by atoms with Gasteiger partial charge in [-0.15, -0.1) is 0 Å². The highest BCUT2D eigenvalue weighted by Crippen LogP contribution is 2.34. The summed E-state index contributed by atoms with van der Waals surface area (Å²) in [6.07, 6.45) is 8.42. The van der Waals surface area contributed by atoms with Crippen molar-refractivity contribution in [1.29, 1.82) is 0 Å². The van der Waals surface area contributed by atoms with Crippen LogP contribution in [-0.2, 0) is 4.74 Å². The number of allylic oxidation sites excluding steroid dienone is 4. The molecule has 2 aliphatic rings. The van der Waals surface area contributed by atoms with Gasteiger partial charge in [-0.3, -0.25) is 0 Å². The van der Waals surface area contributed by atoms with Gasteiger partial charge in [-0.25, -0.2) is 4.98 Å². The van der Waals surface area contributed by atoms with E-state index in [1.165, 1.54) is 11.3 Å². The lowest BCUT2D eigenvalue weighted by Gasteiger charge is -2.29. The predicted octanol–water partition coefficient (Wildman–Crippen LogP) is 3.95. The monoisotopic (exact) mass is 337 g/mol. The first-order chi connectivity index (χ1) is 12.3. The summed E-state index contributed by atoms with van der Waals surface area (Å²) in [5.74, 6) is 1.39. The molecule has 5 heteroatoms. The second-order valence-corrected chi connectivity index (χ2v) is 6.26. The van der Waals surface area contributed by atoms with Crippen molar-refractivity contribution in [2.45, 2.75) is 12.8 Å². The zero-order valence-corrected chi connectivity index (χ0v) is 14.5. The number of aromatic nitrogens is 1. The van der Waals surface area contributed by atoms with Crippen molar-refractivity contribution in [3.63, 3.8) is 0 Å². The van der Waals surface area contributed by atoms with E-state index in [1.54, 1.807) is 0 Å². The van der Waals surface area contributed by atoms with Gasteiger partial charge in [0.25, 0.3) is 0 Å². The molecule has 0 amide bonds. The van der Waals surface area contributed by atoms with Gasteiger partial charge >= 0.3 is 0 Å². The third kappa shape index (κ3) is 3.33. The van der Waals surface area contributed by atoms with Crippen LogP contribution in [0, 0.1) is 0 Å². The smallest absolute Gasteiger partial charge is 0.229 e. The van der Waals surface area contributed by atoms with E-state index in [0.29, 0.717) is 5.89 Å². The molecule has 0 saturated carbocycles. The van der Waals surface area contributed by atoms with Crippen molar-refractivity contribution in [2.75, 3.05) is 43.6 Å². The van der Waals surface area contributed by atoms with Crippen LogP contribution in [0.4, 0.5) is 11.6 Å². The standard InChI is InChI=1S/C20H23N3O2/c1-21-20-18(15-6-3-2-4-7-15)22-19(25-20)16-8-5-9-17(14-16)23-10-12-24-13-11-23/h2-3,5-6,8-9,14,21H,4,7,10-13H2,1H3. The fraction of sp³-hybridized carbons (Fsp3) is 0.350. The number of oxazole rings is 1. The molecule has 1 aromatic carbocycles. The number of morpholine rings is 1. The number of hydrogen-bond acceptors (Lipinski definition) is 5. The van der Waals surface area contributed by atoms with Gasteiger partial charge in [0, 0.05) is 31.4 Å². The minimum atomic E-state index is 0.657. The predicted molar refractivity (Wildman–Crippen MR) is 101 cm³/mol. The molecule has 1 aliphatic carbocycles. The molecule has 0 atom stereocenters. The Morgan fingerprint density at radius 2 is 2.08 bits per heavy atom. The maximum atomic E-state index is 6.02. The SMILES string of the molecule is CNc1oc(-c2cccc(N3CCOCC3)c2)nc1C1=CC=CCC1. The van der Waals surface area contributed by atoms with Crippen molar-refractivity contribution in [3.8, 4) is 11.5 Å². The van der Waals surface area contributed by atoms with E-state index in [1.807, 2.05) is 13.1 Å². The van der Waals surface area contributed by atoms with Gasteiger partial charge in [-0.2, -0.15) is 0 Å². The number of rotatable bonds is 4. The molecular weight excluding hydrogens is 314 g/mol. The first-order valence-electron chi connectivity index (χ1n) is 8.83. The first-order valence-corrected chi connectivity index (χ1v) is 8.83. The van der Waals surface area contributed by atoms with Gasteiger partial charge in [0.15, 0.2) is 0 Å². The molecule has 2 heterocycles. The number of hydrogen-bond donors (Lipinski definition) is 1. The summed E-state index contributed by atoms with van der Waals surface area (Å²) in [7, 11) is 1.87. The topological polar surface area (TPSA) is 50.5 Å². The minimum Gasteiger partial charge on any atom is -0.420 e. The van der Waals surface area contributed by atoms with Gasteiger partial charge in [0.05, 0.1) is 13.2 Å². The summed E-state index contributed by atoms with van der Waals surface area (Å²) >= 11 is 0. The van der Waals surface area contributed by atoms with Crippen molar-refractivity contribution in [1.82, 2.24) is 4.98 Å². The third-order valence-electron chi connectivity index (χ3n) is 4.64. The van der Waals surface area contributed by atoms with Crippen molar-refractivity contribution in [3.05, 3.63) is 48.2 Å². The summed E-state index contributed by atoms with van der Waals surface area (Å²) in [6, 6.07) is 8.39. The number of nitrogens with zero attached hydrogens (tertiary/aromatic N) is 2. The van der Waals surface area contributed by atoms with E-state index in [4.69, 9.17) is 14.1 Å². The highest BCUT2D eigenvalue weighted by atomic mass is 16.5. The largest absolute Gasteiger partial charge is 0.420 e. The van der Waals surface area contributed by atoms with Crippen molar-refractivity contribution < 1.29 is 9.15 Å². The van der Waals surface area contributed by atoms with Crippen LogP contribution >= 0.6 is 0 Å². The fourth-order valence-electron chi connectivity index (χ4n) is 3.29. The Bertz CT molecular complexity index is 801. The average molecular weight is 337 g/mol. The fourth-order valence-corrected chi connectivity index (χ4v) is 3.29. The highest BCUT2D eigenvalue weighted by Gasteiger charge is 2.19. The van der Waals surface area contributed by atoms with Crippen LogP contribution in [0.1, 0.15) is 18.5 Å². The molecule has 1 aromatic heterocycles. The van der Waals surface area contributed by atoms with Crippen LogP contribution in [0.2, 0.25) is 0 Å². The molecule has 0 radical (unpaired) electrons. The van der Waals surface area contributed by atoms with Crippen LogP contribution in [0.5, 0.6) is 0 Å². The van der Waals surface area contributed by atoms with Gasteiger partial charge in [0.2, 0.25) is 11.8 Å². The number of benzene rings is 1. The number of anilines is 2. The molecule has 1 saturated heterocycles. The second kappa shape index (κ2) is 7.15. The summed E-state index contributed by atoms with van der Waals surface area (Å²) in [4.78, 5) is 7.12. The molecule has 1 aliphatic heterocycles. The van der Waals surface area contributed by atoms with Gasteiger partial charge in [0.1, 0.15) is 5.69 Å². The van der Waals surface area contributed by atoms with E-state index in [0.717, 1.165) is 56.3 Å². The van der Waals surface area contributed by atoms with Gasteiger partial charge in [-0.05, 0) is 36.6 Å². The molecule has 130 valence electrons. The minimum absolute atomic E-state index is 0.657. The maximum absolute atomic E-state index is 6.02. The normalized spacial score (nSPS) is 17.5. The highest BCUT2D eigenvalue weighted by molar-refractivity contribution is 5.75. The zero-order chi connectivity index (χ0) is 17.1. The Morgan fingerprint density at radius 1 is 1.20 bits per heavy atom. The van der Waals surface area contributed by atoms with Crippen LogP contribution in [0.25, 0.3) is 17.0 Å². The van der Waals surface area contributed by atoms with Crippen molar-refractivity contribution >= 4 is 17.1 Å². The molecule has 4 rings (SSSR count). The molecule has 0 unspecified atom stereocenters. The number of ether oxygens (including phenoxy) is 1. The lowest BCUT2D eigenvalue weighted by atomic mass is 10.0. The van der Waals surface area contributed by atoms with E-state index < -0.39 is 0 Å². The summed E-state index contributed by atoms with van der Waals surface area (Å²) < 4.78 is 11.5. The molecule has 1 fully saturated rings. The molecule has 25 heavy (non-hydrogen) atoms. The van der Waals surface area contributed by atoms with Crippen LogP contribution in [0.3, 0.4) is 0 Å². The molecule has 0 spiro atoms. The van der Waals surface area contributed by atoms with E-state index >= 15 is 0 Å². The van der Waals surface area contributed by atoms with E-state index in [9.17, 15) is 0 Å². The van der Waals surface area contributed by atoms with Gasteiger partial charge < -0.3 is 19.4 Å². The summed E-state index contributed by atoms with van der Waals surface area (Å²) in [5.41, 5.74) is 4.31. The average Bonchev–Trinajstić information content (AvgIpc) is 3.14. The lowest BCUT2D eigenvalue weighted by molar-refractivity contribution is 0.122. The lowest BCUT2D eigenvalue weighted by Crippen LogP contribution is -2.36. The van der Waals surface area contributed by atoms with Crippen LogP contribution in [0.15, 0.2) is 46.9 Å². The molecule has 5 nitrogen and oxygen atoms in total. The zero-order valence-electron chi connectivity index (χ0n) is 14.5. The molecule has 0 bridgehead atoms. The Morgan fingerprint density at radius 3 is 2.84 bits per heavy atom. The Hall–Kier alpha value is -2.53. The Kier molecular flexibility index (Phi) is 4.57. The first kappa shape index (κ1) is 16.0. The quantitative estimate of drug-likeness (QED) is 0.915. The van der Waals surface area contributed by atoms with E-state index in [2.05, 4.69) is 46.6 Å². The molecule has 2 aromatic rings. The summed E-state index contributed by atoms with van der Waals surface area (Å²) in [6.45, 7) is 3.39. The maximum Gasteiger partial charge on any atom is 0.229 e. The van der Waals surface area contributed by atoms with Gasteiger partial charge in [-0.1, -0.05) is 24.3 Å². The third-order valence-corrected chi connectivity index (χ3v) is 4.64. The number of nitrogens with one attached hydrogen (secondary N) is 1. The van der Waals surface area contributed by atoms with Crippen LogP contribution in [-0.4, -0.2) is 38.3 Å². The van der Waals surface area contributed by atoms with Crippen LogP contribution < -0.4 is 10.2 Å². The van der Waals surface area contributed by atoms with Crippen molar-refractivity contribution in [2.24, 2.45) is 0 Å². The Labute approximate surface area is 148 Å².